The largest absolute Gasteiger partial charge is 0.388 e. The van der Waals surface area contributed by atoms with E-state index in [0.717, 1.165) is 23.0 Å². The summed E-state index contributed by atoms with van der Waals surface area (Å²) in [5.41, 5.74) is 2.06. The number of hydrogen-bond donors (Lipinski definition) is 1. The highest BCUT2D eigenvalue weighted by molar-refractivity contribution is 5.58. The summed E-state index contributed by atoms with van der Waals surface area (Å²) in [7, 11) is 1.91. The van der Waals surface area contributed by atoms with E-state index >= 15 is 0 Å². The molecule has 0 spiro atoms. The molecule has 3 rings (SSSR count). The van der Waals surface area contributed by atoms with Crippen molar-refractivity contribution >= 4 is 5.69 Å². The second-order valence-corrected chi connectivity index (χ2v) is 5.92. The second-order valence-electron chi connectivity index (χ2n) is 5.92. The van der Waals surface area contributed by atoms with Gasteiger partial charge in [-0.3, -0.25) is 0 Å². The Balaban J connectivity index is 1.76. The highest BCUT2D eigenvalue weighted by Gasteiger charge is 2.26. The van der Waals surface area contributed by atoms with E-state index in [2.05, 4.69) is 22.4 Å². The molecule has 112 valence electrons. The number of hydrogen-bond acceptors (Lipinski definition) is 4. The van der Waals surface area contributed by atoms with Crippen LogP contribution in [0.4, 0.5) is 5.69 Å². The van der Waals surface area contributed by atoms with E-state index in [1.807, 2.05) is 31.3 Å². The Bertz CT molecular complexity index is 576. The van der Waals surface area contributed by atoms with Crippen LogP contribution >= 0.6 is 0 Å². The van der Waals surface area contributed by atoms with E-state index in [0.29, 0.717) is 11.8 Å². The van der Waals surface area contributed by atoms with Gasteiger partial charge in [-0.2, -0.15) is 4.98 Å². The smallest absolute Gasteiger partial charge is 0.257 e. The molecular formula is C17H23N3O. The molecule has 1 N–H and O–H groups in total. The summed E-state index contributed by atoms with van der Waals surface area (Å²) >= 11 is 0. The third-order valence-corrected chi connectivity index (χ3v) is 4.59. The van der Waals surface area contributed by atoms with Crippen molar-refractivity contribution in [3.05, 3.63) is 30.1 Å². The molecule has 0 bridgehead atoms. The number of nitrogens with zero attached hydrogens (tertiary/aromatic N) is 2. The summed E-state index contributed by atoms with van der Waals surface area (Å²) in [5.74, 6) is 2.81. The Labute approximate surface area is 126 Å². The predicted molar refractivity (Wildman–Crippen MR) is 84.3 cm³/mol. The summed E-state index contributed by atoms with van der Waals surface area (Å²) in [6.45, 7) is 2.28. The third-order valence-electron chi connectivity index (χ3n) is 4.59. The zero-order valence-corrected chi connectivity index (χ0v) is 12.8. The summed E-state index contributed by atoms with van der Waals surface area (Å²) in [5, 5.41) is 7.33. The minimum Gasteiger partial charge on any atom is -0.388 e. The molecule has 21 heavy (non-hydrogen) atoms. The van der Waals surface area contributed by atoms with Crippen LogP contribution in [-0.2, 0) is 0 Å². The van der Waals surface area contributed by atoms with Crippen molar-refractivity contribution in [1.29, 1.82) is 0 Å². The molecule has 2 aromatic rings. The lowest BCUT2D eigenvalue weighted by Gasteiger charge is -2.26. The van der Waals surface area contributed by atoms with Gasteiger partial charge in [-0.15, -0.1) is 0 Å². The summed E-state index contributed by atoms with van der Waals surface area (Å²) < 4.78 is 5.46. The topological polar surface area (TPSA) is 51.0 Å². The first-order valence-corrected chi connectivity index (χ1v) is 7.92. The average molecular weight is 285 g/mol. The van der Waals surface area contributed by atoms with E-state index in [4.69, 9.17) is 4.52 Å². The zero-order chi connectivity index (χ0) is 14.7. The maximum Gasteiger partial charge on any atom is 0.257 e. The molecule has 0 saturated heterocycles. The van der Waals surface area contributed by atoms with E-state index in [1.54, 1.807) is 0 Å². The van der Waals surface area contributed by atoms with Crippen LogP contribution in [-0.4, -0.2) is 17.2 Å². The molecule has 1 aliphatic rings. The lowest BCUT2D eigenvalue weighted by Crippen LogP contribution is -2.14. The molecule has 0 radical (unpaired) electrons. The number of rotatable bonds is 4. The predicted octanol–water partition coefficient (Wildman–Crippen LogP) is 4.46. The van der Waals surface area contributed by atoms with Crippen molar-refractivity contribution in [3.63, 3.8) is 0 Å². The van der Waals surface area contributed by atoms with Gasteiger partial charge in [0.25, 0.3) is 5.89 Å². The normalized spacial score (nSPS) is 22.2. The van der Waals surface area contributed by atoms with Gasteiger partial charge in [0, 0.05) is 24.2 Å². The van der Waals surface area contributed by atoms with E-state index in [9.17, 15) is 0 Å². The average Bonchev–Trinajstić information content (AvgIpc) is 3.05. The Morgan fingerprint density at radius 2 is 2.05 bits per heavy atom. The molecule has 2 atom stereocenters. The molecular weight excluding hydrogens is 262 g/mol. The standard InChI is InChI=1S/C17H23N3O/c1-3-12-5-4-6-14(11-12)16-19-17(21-20-16)13-7-9-15(18-2)10-8-13/h7-10,12,14,18H,3-6,11H2,1-2H3. The Morgan fingerprint density at radius 1 is 1.24 bits per heavy atom. The first-order chi connectivity index (χ1) is 10.3. The van der Waals surface area contributed by atoms with Gasteiger partial charge >= 0.3 is 0 Å². The number of benzene rings is 1. The molecule has 1 fully saturated rings. The number of nitrogens with one attached hydrogen (secondary N) is 1. The third kappa shape index (κ3) is 3.09. The zero-order valence-electron chi connectivity index (χ0n) is 12.8. The Morgan fingerprint density at radius 3 is 2.76 bits per heavy atom. The van der Waals surface area contributed by atoms with Crippen molar-refractivity contribution in [2.24, 2.45) is 5.92 Å². The van der Waals surface area contributed by atoms with Crippen LogP contribution in [0, 0.1) is 5.92 Å². The van der Waals surface area contributed by atoms with Crippen molar-refractivity contribution < 1.29 is 4.52 Å². The minimum atomic E-state index is 0.470. The fraction of sp³-hybridized carbons (Fsp3) is 0.529. The van der Waals surface area contributed by atoms with E-state index in [-0.39, 0.29) is 0 Å². The molecule has 1 heterocycles. The highest BCUT2D eigenvalue weighted by atomic mass is 16.5. The van der Waals surface area contributed by atoms with Crippen LogP contribution in [0.3, 0.4) is 0 Å². The summed E-state index contributed by atoms with van der Waals surface area (Å²) in [4.78, 5) is 4.63. The van der Waals surface area contributed by atoms with Gasteiger partial charge in [0.2, 0.25) is 0 Å². The van der Waals surface area contributed by atoms with Gasteiger partial charge in [0.05, 0.1) is 0 Å². The van der Waals surface area contributed by atoms with E-state index < -0.39 is 0 Å². The molecule has 4 heteroatoms. The fourth-order valence-corrected chi connectivity index (χ4v) is 3.19. The molecule has 1 aromatic carbocycles. The van der Waals surface area contributed by atoms with Crippen molar-refractivity contribution in [2.45, 2.75) is 44.9 Å². The first-order valence-electron chi connectivity index (χ1n) is 7.92. The molecule has 1 aliphatic carbocycles. The van der Waals surface area contributed by atoms with Gasteiger partial charge in [-0.25, -0.2) is 0 Å². The van der Waals surface area contributed by atoms with Gasteiger partial charge in [-0.1, -0.05) is 31.3 Å². The Hall–Kier alpha value is -1.84. The van der Waals surface area contributed by atoms with Gasteiger partial charge < -0.3 is 9.84 Å². The van der Waals surface area contributed by atoms with Crippen molar-refractivity contribution in [3.8, 4) is 11.5 Å². The molecule has 0 amide bonds. The lowest BCUT2D eigenvalue weighted by atomic mass is 9.80. The Kier molecular flexibility index (Phi) is 4.23. The molecule has 1 aromatic heterocycles. The number of anilines is 1. The maximum absolute atomic E-state index is 5.46. The van der Waals surface area contributed by atoms with Gasteiger partial charge in [-0.05, 0) is 43.0 Å². The van der Waals surface area contributed by atoms with Gasteiger partial charge in [0.1, 0.15) is 0 Å². The number of aromatic nitrogens is 2. The van der Waals surface area contributed by atoms with Crippen molar-refractivity contribution in [2.75, 3.05) is 12.4 Å². The molecule has 4 nitrogen and oxygen atoms in total. The fourth-order valence-electron chi connectivity index (χ4n) is 3.19. The highest BCUT2D eigenvalue weighted by Crippen LogP contribution is 2.36. The van der Waals surface area contributed by atoms with Gasteiger partial charge in [0.15, 0.2) is 5.82 Å². The van der Waals surface area contributed by atoms with Crippen LogP contribution < -0.4 is 5.32 Å². The van der Waals surface area contributed by atoms with Crippen LogP contribution in [0.5, 0.6) is 0 Å². The van der Waals surface area contributed by atoms with Crippen LogP contribution in [0.25, 0.3) is 11.5 Å². The minimum absolute atomic E-state index is 0.470. The molecule has 2 unspecified atom stereocenters. The van der Waals surface area contributed by atoms with Crippen LogP contribution in [0.2, 0.25) is 0 Å². The van der Waals surface area contributed by atoms with E-state index in [1.165, 1.54) is 32.1 Å². The second kappa shape index (κ2) is 6.29. The summed E-state index contributed by atoms with van der Waals surface area (Å²) in [6.07, 6.45) is 6.28. The quantitative estimate of drug-likeness (QED) is 0.901. The lowest BCUT2D eigenvalue weighted by molar-refractivity contribution is 0.300. The first kappa shape index (κ1) is 14.1. The molecule has 1 saturated carbocycles. The van der Waals surface area contributed by atoms with Crippen LogP contribution in [0.1, 0.15) is 50.8 Å². The SMILES string of the molecule is CCC1CCCC(c2noc(-c3ccc(NC)cc3)n2)C1. The monoisotopic (exact) mass is 285 g/mol. The van der Waals surface area contributed by atoms with Crippen molar-refractivity contribution in [1.82, 2.24) is 10.1 Å². The molecule has 0 aliphatic heterocycles. The summed E-state index contributed by atoms with van der Waals surface area (Å²) in [6, 6.07) is 8.07. The maximum atomic E-state index is 5.46. The van der Waals surface area contributed by atoms with Crippen LogP contribution in [0.15, 0.2) is 28.8 Å².